The van der Waals surface area contributed by atoms with E-state index in [9.17, 15) is 4.39 Å². The largest absolute Gasteiger partial charge is 0.497 e. The summed E-state index contributed by atoms with van der Waals surface area (Å²) in [4.78, 5) is 0. The molecule has 1 unspecified atom stereocenters. The summed E-state index contributed by atoms with van der Waals surface area (Å²) in [7, 11) is 1.64. The van der Waals surface area contributed by atoms with Crippen LogP contribution < -0.4 is 10.5 Å². The van der Waals surface area contributed by atoms with E-state index in [0.29, 0.717) is 6.54 Å². The van der Waals surface area contributed by atoms with Crippen molar-refractivity contribution in [3.63, 3.8) is 0 Å². The van der Waals surface area contributed by atoms with Crippen molar-refractivity contribution in [1.29, 1.82) is 0 Å². The zero-order chi connectivity index (χ0) is 13.7. The Morgan fingerprint density at radius 1 is 1.16 bits per heavy atom. The molecule has 100 valence electrons. The van der Waals surface area contributed by atoms with E-state index in [1.165, 1.54) is 6.07 Å². The van der Waals surface area contributed by atoms with Gasteiger partial charge < -0.3 is 10.5 Å². The molecule has 0 aromatic heterocycles. The molecule has 0 bridgehead atoms. The molecule has 0 radical (unpaired) electrons. The molecule has 2 aromatic rings. The maximum Gasteiger partial charge on any atom is 0.123 e. The van der Waals surface area contributed by atoms with Crippen molar-refractivity contribution in [2.75, 3.05) is 13.7 Å². The quantitative estimate of drug-likeness (QED) is 0.895. The molecule has 2 rings (SSSR count). The lowest BCUT2D eigenvalue weighted by molar-refractivity contribution is 0.413. The first-order valence-corrected chi connectivity index (χ1v) is 6.31. The fourth-order valence-electron chi connectivity index (χ4n) is 2.18. The Labute approximate surface area is 113 Å². The molecule has 0 amide bonds. The molecule has 0 aliphatic carbocycles. The number of ether oxygens (including phenoxy) is 1. The maximum atomic E-state index is 13.2. The molecule has 0 saturated carbocycles. The lowest BCUT2D eigenvalue weighted by atomic mass is 9.92. The van der Waals surface area contributed by atoms with Crippen LogP contribution >= 0.6 is 0 Å². The summed E-state index contributed by atoms with van der Waals surface area (Å²) in [5, 5.41) is 0. The van der Waals surface area contributed by atoms with E-state index in [0.717, 1.165) is 23.3 Å². The highest BCUT2D eigenvalue weighted by molar-refractivity contribution is 5.32. The molecular weight excluding hydrogens is 241 g/mol. The Morgan fingerprint density at radius 2 is 1.95 bits per heavy atom. The average Bonchev–Trinajstić information content (AvgIpc) is 2.45. The van der Waals surface area contributed by atoms with E-state index in [1.807, 2.05) is 30.3 Å². The molecule has 19 heavy (non-hydrogen) atoms. The van der Waals surface area contributed by atoms with Gasteiger partial charge in [0.05, 0.1) is 7.11 Å². The van der Waals surface area contributed by atoms with E-state index in [1.54, 1.807) is 19.2 Å². The highest BCUT2D eigenvalue weighted by Gasteiger charge is 2.11. The van der Waals surface area contributed by atoms with Crippen molar-refractivity contribution >= 4 is 0 Å². The molecule has 2 N–H and O–H groups in total. The van der Waals surface area contributed by atoms with Crippen LogP contribution in [0, 0.1) is 5.82 Å². The highest BCUT2D eigenvalue weighted by Crippen LogP contribution is 2.23. The Morgan fingerprint density at radius 3 is 2.63 bits per heavy atom. The van der Waals surface area contributed by atoms with Gasteiger partial charge in [-0.1, -0.05) is 24.3 Å². The van der Waals surface area contributed by atoms with Gasteiger partial charge in [-0.15, -0.1) is 0 Å². The van der Waals surface area contributed by atoms with Gasteiger partial charge in [-0.05, 0) is 48.4 Å². The zero-order valence-corrected chi connectivity index (χ0v) is 11.0. The zero-order valence-electron chi connectivity index (χ0n) is 11.0. The third-order valence-electron chi connectivity index (χ3n) is 3.22. The molecule has 0 aliphatic heterocycles. The van der Waals surface area contributed by atoms with Crippen LogP contribution in [0.5, 0.6) is 5.75 Å². The number of rotatable bonds is 5. The van der Waals surface area contributed by atoms with Crippen LogP contribution in [0.15, 0.2) is 48.5 Å². The molecule has 0 saturated heterocycles. The molecular formula is C16H18FNO. The molecule has 0 aliphatic rings. The molecule has 0 fully saturated rings. The number of hydrogen-bond acceptors (Lipinski definition) is 2. The molecule has 2 aromatic carbocycles. The number of benzene rings is 2. The lowest BCUT2D eigenvalue weighted by Gasteiger charge is -2.16. The van der Waals surface area contributed by atoms with Gasteiger partial charge in [-0.2, -0.15) is 0 Å². The van der Waals surface area contributed by atoms with Crippen LogP contribution in [0.3, 0.4) is 0 Å². The van der Waals surface area contributed by atoms with Crippen LogP contribution in [-0.2, 0) is 6.42 Å². The summed E-state index contributed by atoms with van der Waals surface area (Å²) in [6.07, 6.45) is 0.724. The number of halogens is 1. The summed E-state index contributed by atoms with van der Waals surface area (Å²) in [6, 6.07) is 14.5. The monoisotopic (exact) mass is 259 g/mol. The van der Waals surface area contributed by atoms with Crippen LogP contribution in [0.25, 0.3) is 0 Å². The third-order valence-corrected chi connectivity index (χ3v) is 3.22. The van der Waals surface area contributed by atoms with Crippen LogP contribution in [0.2, 0.25) is 0 Å². The van der Waals surface area contributed by atoms with Gasteiger partial charge in [-0.25, -0.2) is 4.39 Å². The van der Waals surface area contributed by atoms with Gasteiger partial charge in [0.1, 0.15) is 11.6 Å². The van der Waals surface area contributed by atoms with Crippen LogP contribution in [-0.4, -0.2) is 13.7 Å². The van der Waals surface area contributed by atoms with Crippen molar-refractivity contribution in [2.45, 2.75) is 12.3 Å². The van der Waals surface area contributed by atoms with Gasteiger partial charge in [-0.3, -0.25) is 0 Å². The van der Waals surface area contributed by atoms with Crippen molar-refractivity contribution in [3.8, 4) is 5.75 Å². The maximum absolute atomic E-state index is 13.2. The lowest BCUT2D eigenvalue weighted by Crippen LogP contribution is -2.15. The van der Waals surface area contributed by atoms with Gasteiger partial charge in [0.15, 0.2) is 0 Å². The first-order valence-electron chi connectivity index (χ1n) is 6.31. The van der Waals surface area contributed by atoms with E-state index in [2.05, 4.69) is 0 Å². The summed E-state index contributed by atoms with van der Waals surface area (Å²) in [6.45, 7) is 0.518. The number of nitrogens with two attached hydrogens (primary N) is 1. The standard InChI is InChI=1S/C16H18FNO/c1-19-16-7-3-5-13(10-16)14(11-18)8-12-4-2-6-15(17)9-12/h2-7,9-10,14H,8,11,18H2,1H3. The number of methoxy groups -OCH3 is 1. The van der Waals surface area contributed by atoms with E-state index < -0.39 is 0 Å². The van der Waals surface area contributed by atoms with Crippen molar-refractivity contribution in [1.82, 2.24) is 0 Å². The summed E-state index contributed by atoms with van der Waals surface area (Å²) >= 11 is 0. The van der Waals surface area contributed by atoms with Gasteiger partial charge in [0.2, 0.25) is 0 Å². The first kappa shape index (κ1) is 13.6. The van der Waals surface area contributed by atoms with E-state index in [-0.39, 0.29) is 11.7 Å². The van der Waals surface area contributed by atoms with Gasteiger partial charge >= 0.3 is 0 Å². The topological polar surface area (TPSA) is 35.2 Å². The van der Waals surface area contributed by atoms with Gasteiger partial charge in [0, 0.05) is 5.92 Å². The van der Waals surface area contributed by atoms with Crippen LogP contribution in [0.1, 0.15) is 17.0 Å². The minimum absolute atomic E-state index is 0.164. The SMILES string of the molecule is COc1cccc(C(CN)Cc2cccc(F)c2)c1. The summed E-state index contributed by atoms with van der Waals surface area (Å²) in [5.74, 6) is 0.769. The second-order valence-electron chi connectivity index (χ2n) is 4.54. The Balaban J connectivity index is 2.19. The molecule has 1 atom stereocenters. The minimum atomic E-state index is -0.209. The predicted molar refractivity (Wildman–Crippen MR) is 74.9 cm³/mol. The molecule has 3 heteroatoms. The number of hydrogen-bond donors (Lipinski definition) is 1. The fraction of sp³-hybridized carbons (Fsp3) is 0.250. The highest BCUT2D eigenvalue weighted by atomic mass is 19.1. The molecule has 2 nitrogen and oxygen atoms in total. The Bertz CT molecular complexity index is 542. The normalized spacial score (nSPS) is 12.2. The molecule has 0 spiro atoms. The van der Waals surface area contributed by atoms with Crippen molar-refractivity contribution in [2.24, 2.45) is 5.73 Å². The van der Waals surface area contributed by atoms with Gasteiger partial charge in [0.25, 0.3) is 0 Å². The van der Waals surface area contributed by atoms with Crippen molar-refractivity contribution < 1.29 is 9.13 Å². The average molecular weight is 259 g/mol. The summed E-state index contributed by atoms with van der Waals surface area (Å²) < 4.78 is 18.4. The van der Waals surface area contributed by atoms with Crippen molar-refractivity contribution in [3.05, 3.63) is 65.5 Å². The fourth-order valence-corrected chi connectivity index (χ4v) is 2.18. The van der Waals surface area contributed by atoms with E-state index >= 15 is 0 Å². The Hall–Kier alpha value is -1.87. The second-order valence-corrected chi connectivity index (χ2v) is 4.54. The second kappa shape index (κ2) is 6.34. The summed E-state index contributed by atoms with van der Waals surface area (Å²) in [5.41, 5.74) is 7.92. The van der Waals surface area contributed by atoms with E-state index in [4.69, 9.17) is 10.5 Å². The first-order chi connectivity index (χ1) is 9.22. The molecule has 0 heterocycles. The third kappa shape index (κ3) is 3.55. The minimum Gasteiger partial charge on any atom is -0.497 e. The predicted octanol–water partition coefficient (Wildman–Crippen LogP) is 3.12. The smallest absolute Gasteiger partial charge is 0.123 e. The van der Waals surface area contributed by atoms with Crippen LogP contribution in [0.4, 0.5) is 4.39 Å². The Kier molecular flexibility index (Phi) is 4.53.